The maximum atomic E-state index is 8.84. The second-order valence-electron chi connectivity index (χ2n) is 2.53. The number of rotatable bonds is 1. The van der Waals surface area contributed by atoms with Crippen LogP contribution < -0.4 is 5.46 Å². The summed E-state index contributed by atoms with van der Waals surface area (Å²) in [7, 11) is -1.42. The Morgan fingerprint density at radius 2 is 2.08 bits per heavy atom. The third kappa shape index (κ3) is 1.83. The molecule has 0 aromatic carbocycles. The molecular weight excluding hydrogens is 190 g/mol. The van der Waals surface area contributed by atoms with Gasteiger partial charge in [-0.3, -0.25) is 0 Å². The first kappa shape index (κ1) is 10.0. The second kappa shape index (κ2) is 3.78. The van der Waals surface area contributed by atoms with Crippen LogP contribution in [-0.2, 0) is 0 Å². The van der Waals surface area contributed by atoms with Gasteiger partial charge in [0.1, 0.15) is 5.65 Å². The average Bonchev–Trinajstić information content (AvgIpc) is 2.49. The molecule has 4 nitrogen and oxygen atoms in total. The van der Waals surface area contributed by atoms with Crippen LogP contribution in [0.15, 0.2) is 30.7 Å². The zero-order valence-electron chi connectivity index (χ0n) is 6.66. The summed E-state index contributed by atoms with van der Waals surface area (Å²) in [5.41, 5.74) is 1.25. The maximum Gasteiger partial charge on any atom is 0.489 e. The van der Waals surface area contributed by atoms with Gasteiger partial charge >= 0.3 is 7.12 Å². The molecule has 0 amide bonds. The lowest BCUT2D eigenvalue weighted by Crippen LogP contribution is -2.30. The lowest BCUT2D eigenvalue weighted by atomic mass is 9.82. The first-order valence-corrected chi connectivity index (χ1v) is 3.56. The topological polar surface area (TPSA) is 57.8 Å². The van der Waals surface area contributed by atoms with E-state index in [9.17, 15) is 0 Å². The molecule has 0 spiro atoms. The van der Waals surface area contributed by atoms with Crippen molar-refractivity contribution in [1.29, 1.82) is 0 Å². The van der Waals surface area contributed by atoms with E-state index < -0.39 is 7.12 Å². The largest absolute Gasteiger partial charge is 0.489 e. The van der Waals surface area contributed by atoms with Crippen molar-refractivity contribution in [1.82, 2.24) is 9.38 Å². The van der Waals surface area contributed by atoms with E-state index in [-0.39, 0.29) is 12.4 Å². The fourth-order valence-electron chi connectivity index (χ4n) is 1.09. The molecule has 0 bridgehead atoms. The summed E-state index contributed by atoms with van der Waals surface area (Å²) in [6, 6.07) is 3.36. The maximum absolute atomic E-state index is 8.84. The van der Waals surface area contributed by atoms with Gasteiger partial charge in [0.2, 0.25) is 0 Å². The minimum Gasteiger partial charge on any atom is -0.423 e. The molecule has 0 atom stereocenters. The summed E-state index contributed by atoms with van der Waals surface area (Å²) in [5, 5.41) is 17.7. The number of fused-ring (bicyclic) bond motifs is 1. The molecule has 68 valence electrons. The van der Waals surface area contributed by atoms with Crippen molar-refractivity contribution in [2.75, 3.05) is 0 Å². The zero-order chi connectivity index (χ0) is 8.55. The Hall–Kier alpha value is -1.04. The molecule has 2 aromatic heterocycles. The Bertz CT molecular complexity index is 404. The summed E-state index contributed by atoms with van der Waals surface area (Å²) < 4.78 is 1.73. The van der Waals surface area contributed by atoms with Crippen molar-refractivity contribution in [2.45, 2.75) is 0 Å². The summed E-state index contributed by atoms with van der Waals surface area (Å²) in [6.07, 6.45) is 5.04. The average molecular weight is 198 g/mol. The van der Waals surface area contributed by atoms with Crippen molar-refractivity contribution in [2.24, 2.45) is 0 Å². The summed E-state index contributed by atoms with van der Waals surface area (Å²) in [6.45, 7) is 0. The molecule has 0 aliphatic carbocycles. The summed E-state index contributed by atoms with van der Waals surface area (Å²) in [5.74, 6) is 0. The van der Waals surface area contributed by atoms with E-state index in [1.807, 2.05) is 0 Å². The van der Waals surface area contributed by atoms with Crippen molar-refractivity contribution >= 4 is 30.6 Å². The van der Waals surface area contributed by atoms with Gasteiger partial charge in [-0.05, 0) is 11.5 Å². The van der Waals surface area contributed by atoms with Gasteiger partial charge in [-0.15, -0.1) is 12.4 Å². The highest BCUT2D eigenvalue weighted by Gasteiger charge is 2.10. The smallest absolute Gasteiger partial charge is 0.423 e. The van der Waals surface area contributed by atoms with Crippen LogP contribution in [-0.4, -0.2) is 26.6 Å². The number of nitrogens with zero attached hydrogens (tertiary/aromatic N) is 2. The highest BCUT2D eigenvalue weighted by atomic mass is 35.5. The molecule has 2 aromatic rings. The number of halogens is 1. The minimum atomic E-state index is -1.42. The van der Waals surface area contributed by atoms with Crippen LogP contribution in [0.2, 0.25) is 0 Å². The van der Waals surface area contributed by atoms with Crippen LogP contribution in [0.1, 0.15) is 0 Å². The third-order valence-electron chi connectivity index (χ3n) is 1.71. The van der Waals surface area contributed by atoms with Crippen LogP contribution in [0, 0.1) is 0 Å². The predicted octanol–water partition coefficient (Wildman–Crippen LogP) is -0.564. The lowest BCUT2D eigenvalue weighted by Gasteiger charge is -1.99. The highest BCUT2D eigenvalue weighted by Crippen LogP contribution is 1.96. The number of imidazole rings is 1. The Labute approximate surface area is 81.4 Å². The Kier molecular flexibility index (Phi) is 2.92. The van der Waals surface area contributed by atoms with E-state index in [0.29, 0.717) is 5.46 Å². The molecule has 2 rings (SSSR count). The third-order valence-corrected chi connectivity index (χ3v) is 1.71. The molecule has 13 heavy (non-hydrogen) atoms. The molecule has 0 aliphatic rings. The lowest BCUT2D eigenvalue weighted by molar-refractivity contribution is 0.425. The van der Waals surface area contributed by atoms with Crippen LogP contribution in [0.4, 0.5) is 0 Å². The van der Waals surface area contributed by atoms with Crippen LogP contribution in [0.3, 0.4) is 0 Å². The van der Waals surface area contributed by atoms with E-state index in [4.69, 9.17) is 10.0 Å². The Balaban J connectivity index is 0.000000845. The fraction of sp³-hybridized carbons (Fsp3) is 0. The Morgan fingerprint density at radius 1 is 1.31 bits per heavy atom. The van der Waals surface area contributed by atoms with E-state index in [2.05, 4.69) is 4.98 Å². The first-order valence-electron chi connectivity index (χ1n) is 3.56. The van der Waals surface area contributed by atoms with Crippen LogP contribution in [0.5, 0.6) is 0 Å². The number of pyridine rings is 1. The fourth-order valence-corrected chi connectivity index (χ4v) is 1.09. The van der Waals surface area contributed by atoms with Gasteiger partial charge in [0.25, 0.3) is 0 Å². The summed E-state index contributed by atoms with van der Waals surface area (Å²) >= 11 is 0. The molecule has 0 radical (unpaired) electrons. The van der Waals surface area contributed by atoms with Crippen molar-refractivity contribution < 1.29 is 10.0 Å². The molecule has 2 N–H and O–H groups in total. The normalized spacial score (nSPS) is 9.69. The zero-order valence-corrected chi connectivity index (χ0v) is 7.48. The molecule has 0 unspecified atom stereocenters. The Morgan fingerprint density at radius 3 is 2.77 bits per heavy atom. The van der Waals surface area contributed by atoms with Gasteiger partial charge in [0, 0.05) is 18.6 Å². The molecule has 0 saturated carbocycles. The number of hydrogen-bond acceptors (Lipinski definition) is 3. The van der Waals surface area contributed by atoms with Crippen molar-refractivity contribution in [3.63, 3.8) is 0 Å². The van der Waals surface area contributed by atoms with Gasteiger partial charge < -0.3 is 14.4 Å². The first-order chi connectivity index (χ1) is 5.77. The molecule has 6 heteroatoms. The van der Waals surface area contributed by atoms with Gasteiger partial charge in [-0.25, -0.2) is 4.98 Å². The van der Waals surface area contributed by atoms with Gasteiger partial charge in [0.05, 0.1) is 0 Å². The van der Waals surface area contributed by atoms with E-state index in [1.165, 1.54) is 0 Å². The van der Waals surface area contributed by atoms with Gasteiger partial charge in [0.15, 0.2) is 0 Å². The molecule has 0 aliphatic heterocycles. The molecule has 2 heterocycles. The number of aromatic nitrogens is 2. The second-order valence-corrected chi connectivity index (χ2v) is 2.53. The van der Waals surface area contributed by atoms with Crippen molar-refractivity contribution in [3.05, 3.63) is 30.7 Å². The van der Waals surface area contributed by atoms with Crippen molar-refractivity contribution in [3.8, 4) is 0 Å². The van der Waals surface area contributed by atoms with E-state index in [1.54, 1.807) is 35.1 Å². The molecular formula is C7H8BClN2O2. The quantitative estimate of drug-likeness (QED) is 0.604. The molecule has 0 saturated heterocycles. The number of hydrogen-bond donors (Lipinski definition) is 2. The van der Waals surface area contributed by atoms with Crippen LogP contribution >= 0.6 is 12.4 Å². The summed E-state index contributed by atoms with van der Waals surface area (Å²) in [4.78, 5) is 4.02. The monoisotopic (exact) mass is 198 g/mol. The van der Waals surface area contributed by atoms with E-state index >= 15 is 0 Å². The molecule has 0 fully saturated rings. The van der Waals surface area contributed by atoms with Gasteiger partial charge in [-0.1, -0.05) is 6.07 Å². The highest BCUT2D eigenvalue weighted by molar-refractivity contribution is 6.58. The predicted molar refractivity (Wildman–Crippen MR) is 52.3 cm³/mol. The van der Waals surface area contributed by atoms with E-state index in [0.717, 1.165) is 5.65 Å². The standard InChI is InChI=1S/C7H7BN2O2.ClH/c11-8(12)6-1-2-7-9-3-4-10(7)5-6;/h1-5,11-12H;1H. The minimum absolute atomic E-state index is 0. The SMILES string of the molecule is Cl.OB(O)c1ccc2nccn2c1. The van der Waals surface area contributed by atoms with Gasteiger partial charge in [-0.2, -0.15) is 0 Å². The van der Waals surface area contributed by atoms with Crippen LogP contribution in [0.25, 0.3) is 5.65 Å².